The van der Waals surface area contributed by atoms with Crippen LogP contribution in [0.4, 0.5) is 68.2 Å². The van der Waals surface area contributed by atoms with Gasteiger partial charge < -0.3 is 28.9 Å². The molecule has 74 heavy (non-hydrogen) atoms. The lowest BCUT2D eigenvalue weighted by Crippen LogP contribution is -2.68. The van der Waals surface area contributed by atoms with Crippen molar-refractivity contribution in [3.8, 4) is 17.2 Å². The molecule has 0 unspecified atom stereocenters. The van der Waals surface area contributed by atoms with E-state index < -0.39 is 0 Å². The van der Waals surface area contributed by atoms with Crippen LogP contribution in [0, 0.1) is 0 Å². The molecule has 0 fully saturated rings. The van der Waals surface area contributed by atoms with Crippen LogP contribution in [0.1, 0.15) is 0 Å². The van der Waals surface area contributed by atoms with Gasteiger partial charge in [-0.05, 0) is 136 Å². The van der Waals surface area contributed by atoms with Crippen LogP contribution < -0.4 is 57.1 Å². The smallest absolute Gasteiger partial charge is 0.252 e. The maximum Gasteiger partial charge on any atom is 0.252 e. The fourth-order valence-corrected chi connectivity index (χ4v) is 13.4. The van der Waals surface area contributed by atoms with Crippen LogP contribution in [0.5, 0.6) is 11.5 Å². The Morgan fingerprint density at radius 1 is 0.270 bits per heavy atom. The van der Waals surface area contributed by atoms with Gasteiger partial charge in [-0.15, -0.1) is 0 Å². The van der Waals surface area contributed by atoms with E-state index in [4.69, 9.17) is 4.74 Å². The van der Waals surface area contributed by atoms with Crippen molar-refractivity contribution in [3.63, 3.8) is 0 Å². The number of anilines is 12. The quantitative estimate of drug-likeness (QED) is 0.164. The summed E-state index contributed by atoms with van der Waals surface area (Å²) < 4.78 is 9.60. The monoisotopic (exact) mass is 941 g/mol. The summed E-state index contributed by atoms with van der Waals surface area (Å²) in [6.45, 7) is -0.204. The van der Waals surface area contributed by atoms with Crippen LogP contribution in [0.2, 0.25) is 0 Å². The average molecular weight is 942 g/mol. The van der Waals surface area contributed by atoms with Crippen molar-refractivity contribution < 1.29 is 4.74 Å². The molecule has 0 radical (unpaired) electrons. The Labute approximate surface area is 428 Å². The third-order valence-electron chi connectivity index (χ3n) is 16.3. The molecule has 0 aliphatic carbocycles. The summed E-state index contributed by atoms with van der Waals surface area (Å²) in [5.74, 6) is 1.65. The lowest BCUT2D eigenvalue weighted by Gasteiger charge is -2.51. The van der Waals surface area contributed by atoms with Gasteiger partial charge in [0.15, 0.2) is 11.5 Å². The van der Waals surface area contributed by atoms with Gasteiger partial charge in [0, 0.05) is 73.3 Å². The van der Waals surface area contributed by atoms with E-state index in [1.807, 2.05) is 0 Å². The van der Waals surface area contributed by atoms with Crippen LogP contribution in [0.15, 0.2) is 249 Å². The van der Waals surface area contributed by atoms with E-state index in [1.54, 1.807) is 0 Å². The van der Waals surface area contributed by atoms with Crippen LogP contribution in [-0.2, 0) is 0 Å². The minimum absolute atomic E-state index is 0.0232. The number of hydrogen-bond donors (Lipinski definition) is 0. The zero-order chi connectivity index (χ0) is 48.2. The second-order valence-electron chi connectivity index (χ2n) is 20.0. The molecule has 342 valence electrons. The number of benzene rings is 11. The maximum absolute atomic E-state index is 7.14. The molecule has 11 aromatic carbocycles. The second kappa shape index (κ2) is 14.9. The van der Waals surface area contributed by atoms with E-state index in [1.165, 1.54) is 83.0 Å². The summed E-state index contributed by atoms with van der Waals surface area (Å²) in [7, 11) is 0. The van der Waals surface area contributed by atoms with Crippen molar-refractivity contribution in [2.24, 2.45) is 0 Å². The van der Waals surface area contributed by atoms with Gasteiger partial charge in [-0.1, -0.05) is 146 Å². The van der Waals surface area contributed by atoms with Crippen molar-refractivity contribution in [1.29, 1.82) is 0 Å². The number of hydrogen-bond acceptors (Lipinski definition) is 5. The Kier molecular flexibility index (Phi) is 8.08. The fraction of sp³-hybridized carbons (Fsp3) is 0. The van der Waals surface area contributed by atoms with Gasteiger partial charge in [0.25, 0.3) is 13.4 Å². The molecule has 0 bridgehead atoms. The van der Waals surface area contributed by atoms with Gasteiger partial charge in [0.2, 0.25) is 0 Å². The van der Waals surface area contributed by atoms with Crippen LogP contribution in [-0.4, -0.2) is 18.0 Å². The zero-order valence-corrected chi connectivity index (χ0v) is 40.0. The van der Waals surface area contributed by atoms with Crippen molar-refractivity contribution in [2.45, 2.75) is 0 Å². The van der Waals surface area contributed by atoms with E-state index in [0.717, 1.165) is 57.0 Å². The topological polar surface area (TPSA) is 27.1 Å². The first-order valence-corrected chi connectivity index (χ1v) is 25.6. The third kappa shape index (κ3) is 5.30. The molecule has 0 atom stereocenters. The maximum atomic E-state index is 7.14. The molecule has 6 nitrogen and oxygen atoms in total. The predicted octanol–water partition coefficient (Wildman–Crippen LogP) is 13.1. The molecule has 0 saturated heterocycles. The van der Waals surface area contributed by atoms with Gasteiger partial charge in [0.05, 0.1) is 22.4 Å². The molecule has 1 aromatic heterocycles. The highest BCUT2D eigenvalue weighted by Gasteiger charge is 2.52. The molecule has 12 aromatic rings. The molecule has 0 saturated carbocycles. The van der Waals surface area contributed by atoms with Crippen LogP contribution in [0.3, 0.4) is 0 Å². The Morgan fingerprint density at radius 3 is 1.38 bits per heavy atom. The van der Waals surface area contributed by atoms with Crippen molar-refractivity contribution >= 4 is 136 Å². The summed E-state index contributed by atoms with van der Waals surface area (Å²) in [5.41, 5.74) is 24.7. The Balaban J connectivity index is 1.05. The fourth-order valence-electron chi connectivity index (χ4n) is 13.4. The summed E-state index contributed by atoms with van der Waals surface area (Å²) in [6, 6.07) is 91.5. The highest BCUT2D eigenvalue weighted by molar-refractivity contribution is 7.05. The minimum Gasteiger partial charge on any atom is -0.453 e. The molecule has 6 heterocycles. The lowest BCUT2D eigenvalue weighted by molar-refractivity contribution is 0.477. The molecule has 0 spiro atoms. The minimum atomic E-state index is -0.181. The average Bonchev–Trinajstić information content (AvgIpc) is 3.91. The Bertz CT molecular complexity index is 4340. The molecule has 0 N–H and O–H groups in total. The number of para-hydroxylation sites is 9. The van der Waals surface area contributed by atoms with Gasteiger partial charge >= 0.3 is 0 Å². The van der Waals surface area contributed by atoms with E-state index in [-0.39, 0.29) is 13.4 Å². The third-order valence-corrected chi connectivity index (χ3v) is 16.3. The highest BCUT2D eigenvalue weighted by atomic mass is 16.5. The summed E-state index contributed by atoms with van der Waals surface area (Å²) in [6.07, 6.45) is 0. The number of aromatic nitrogens is 1. The van der Waals surface area contributed by atoms with Crippen molar-refractivity contribution in [2.75, 3.05) is 19.6 Å². The number of nitrogens with zero attached hydrogens (tertiary/aromatic N) is 5. The van der Waals surface area contributed by atoms with Gasteiger partial charge in [0.1, 0.15) is 0 Å². The molecular weight excluding hydrogens is 900 g/mol. The second-order valence-corrected chi connectivity index (χ2v) is 20.0. The SMILES string of the molecule is c1ccc(N2c3ccccc3Oc3cc4c(cc32)N(c2ccccc2)c2cc3c5c6c2B4c2cc4c7ccccc7n(-c7ccccc7)c4cc2N6c2ccccc2B5c2ccccc2N3c2ccccc2)cc1. The zero-order valence-electron chi connectivity index (χ0n) is 40.0. The van der Waals surface area contributed by atoms with Crippen LogP contribution >= 0.6 is 0 Å². The number of fused-ring (bicyclic) bond motifs is 15. The van der Waals surface area contributed by atoms with E-state index in [2.05, 4.69) is 273 Å². The molecule has 5 aliphatic rings. The normalized spacial score (nSPS) is 13.9. The van der Waals surface area contributed by atoms with Crippen molar-refractivity contribution in [1.82, 2.24) is 4.57 Å². The number of ether oxygens (including phenoxy) is 1. The molecule has 8 heteroatoms. The Morgan fingerprint density at radius 2 is 0.730 bits per heavy atom. The van der Waals surface area contributed by atoms with E-state index >= 15 is 0 Å². The van der Waals surface area contributed by atoms with Crippen LogP contribution in [0.25, 0.3) is 27.5 Å². The molecule has 5 aliphatic heterocycles. The summed E-state index contributed by atoms with van der Waals surface area (Å²) in [5, 5.41) is 2.45. The van der Waals surface area contributed by atoms with Crippen molar-refractivity contribution in [3.05, 3.63) is 249 Å². The first-order chi connectivity index (χ1) is 36.8. The van der Waals surface area contributed by atoms with Gasteiger partial charge in [-0.25, -0.2) is 0 Å². The lowest BCUT2D eigenvalue weighted by atomic mass is 9.28. The van der Waals surface area contributed by atoms with E-state index in [9.17, 15) is 0 Å². The molecule has 0 amide bonds. The van der Waals surface area contributed by atoms with E-state index in [0.29, 0.717) is 0 Å². The molecular formula is C66H41B2N5O. The largest absolute Gasteiger partial charge is 0.453 e. The summed E-state index contributed by atoms with van der Waals surface area (Å²) >= 11 is 0. The van der Waals surface area contributed by atoms with Gasteiger partial charge in [-0.3, -0.25) is 0 Å². The Hall–Kier alpha value is -9.65. The summed E-state index contributed by atoms with van der Waals surface area (Å²) in [4.78, 5) is 10.1. The number of rotatable bonds is 4. The highest BCUT2D eigenvalue weighted by Crippen LogP contribution is 2.55. The first-order valence-electron chi connectivity index (χ1n) is 25.6. The standard InChI is InChI=1S/C66H41B2N5O/c1-5-21-42(22-6-1)69-52-32-16-13-29-46(52)47-37-50-58(39-56(47)69)73-54-34-18-15-31-49(54)67-48-30-14-17-33-53(48)70(43-23-7-2-8-24-43)60-41-61-65(66(73)64(60)67)68(50)51-38-63-59(40-57(51)72(61)45-27-11-4-12-28-45)71(44-25-9-3-10-26-44)55-35-19-20-36-62(55)74-63/h1-41H. The molecule has 17 rings (SSSR count). The first kappa shape index (κ1) is 40.0. The van der Waals surface area contributed by atoms with Gasteiger partial charge in [-0.2, -0.15) is 0 Å². The predicted molar refractivity (Wildman–Crippen MR) is 309 cm³/mol.